The summed E-state index contributed by atoms with van der Waals surface area (Å²) in [6, 6.07) is 8.16. The number of amides is 1. The summed E-state index contributed by atoms with van der Waals surface area (Å²) in [6.07, 6.45) is 1.07. The van der Waals surface area contributed by atoms with Crippen LogP contribution in [-0.2, 0) is 11.3 Å². The van der Waals surface area contributed by atoms with Crippen LogP contribution in [0.3, 0.4) is 0 Å². The summed E-state index contributed by atoms with van der Waals surface area (Å²) >= 11 is 0. The van der Waals surface area contributed by atoms with Gasteiger partial charge in [0.05, 0.1) is 6.04 Å². The molecule has 2 rings (SSSR count). The van der Waals surface area contributed by atoms with Gasteiger partial charge in [0, 0.05) is 13.1 Å². The smallest absolute Gasteiger partial charge is 0.237 e. The van der Waals surface area contributed by atoms with Gasteiger partial charge in [-0.05, 0) is 44.3 Å². The van der Waals surface area contributed by atoms with Crippen LogP contribution in [0.2, 0.25) is 0 Å². The minimum Gasteiger partial charge on any atom is -0.351 e. The molecule has 3 N–H and O–H groups in total. The molecule has 4 heteroatoms. The van der Waals surface area contributed by atoms with Gasteiger partial charge in [0.25, 0.3) is 0 Å². The van der Waals surface area contributed by atoms with Crippen LogP contribution in [0.4, 0.5) is 0 Å². The van der Waals surface area contributed by atoms with E-state index in [2.05, 4.69) is 48.3 Å². The number of carbonyl (C=O) groups is 1. The van der Waals surface area contributed by atoms with Gasteiger partial charge in [0.15, 0.2) is 0 Å². The summed E-state index contributed by atoms with van der Waals surface area (Å²) < 4.78 is 0. The summed E-state index contributed by atoms with van der Waals surface area (Å²) in [6.45, 7) is 9.37. The van der Waals surface area contributed by atoms with E-state index < -0.39 is 0 Å². The highest BCUT2D eigenvalue weighted by Gasteiger charge is 2.36. The Balaban J connectivity index is 1.84. The molecule has 2 unspecified atom stereocenters. The third-order valence-electron chi connectivity index (χ3n) is 4.59. The topological polar surface area (TPSA) is 58.4 Å². The average Bonchev–Trinajstić information content (AvgIpc) is 2.89. The van der Waals surface area contributed by atoms with Crippen LogP contribution in [0.1, 0.15) is 31.4 Å². The van der Waals surface area contributed by atoms with Crippen LogP contribution < -0.4 is 11.1 Å². The van der Waals surface area contributed by atoms with Crippen molar-refractivity contribution in [2.45, 2.75) is 39.8 Å². The van der Waals surface area contributed by atoms with Crippen molar-refractivity contribution in [2.75, 3.05) is 19.6 Å². The number of nitrogens with one attached hydrogen (secondary N) is 1. The van der Waals surface area contributed by atoms with E-state index in [1.165, 1.54) is 5.56 Å². The lowest BCUT2D eigenvalue weighted by Crippen LogP contribution is -2.45. The second kappa shape index (κ2) is 6.58. The van der Waals surface area contributed by atoms with Gasteiger partial charge in [-0.1, -0.05) is 36.8 Å². The molecule has 0 spiro atoms. The summed E-state index contributed by atoms with van der Waals surface area (Å²) in [7, 11) is 0. The third-order valence-corrected chi connectivity index (χ3v) is 4.59. The molecule has 1 aromatic rings. The van der Waals surface area contributed by atoms with Crippen LogP contribution in [0.5, 0.6) is 0 Å². The lowest BCUT2D eigenvalue weighted by Gasteiger charge is -2.26. The molecular weight excluding hydrogens is 262 g/mol. The molecule has 0 aliphatic carbocycles. The Hall–Kier alpha value is -1.39. The second-order valence-corrected chi connectivity index (χ2v) is 6.61. The number of aryl methyl sites for hydroxylation is 1. The molecule has 1 aliphatic heterocycles. The summed E-state index contributed by atoms with van der Waals surface area (Å²) in [5.41, 5.74) is 8.35. The molecule has 0 radical (unpaired) electrons. The van der Waals surface area contributed by atoms with Crippen molar-refractivity contribution in [1.82, 2.24) is 10.2 Å². The number of nitrogens with two attached hydrogens (primary N) is 1. The van der Waals surface area contributed by atoms with Crippen LogP contribution >= 0.6 is 0 Å². The molecule has 0 saturated carbocycles. The maximum atomic E-state index is 12.3. The summed E-state index contributed by atoms with van der Waals surface area (Å²) in [5.74, 6) is 0.0943. The zero-order chi connectivity index (χ0) is 15.5. The van der Waals surface area contributed by atoms with E-state index in [1.807, 2.05) is 6.92 Å². The number of carbonyl (C=O) groups excluding carboxylic acids is 1. The molecule has 0 aromatic heterocycles. The zero-order valence-electron chi connectivity index (χ0n) is 13.4. The van der Waals surface area contributed by atoms with Crippen molar-refractivity contribution in [3.05, 3.63) is 35.4 Å². The van der Waals surface area contributed by atoms with E-state index in [0.29, 0.717) is 13.1 Å². The minimum atomic E-state index is -0.0937. The van der Waals surface area contributed by atoms with Crippen LogP contribution in [-0.4, -0.2) is 36.5 Å². The molecular formula is C17H27N3O. The first-order valence-corrected chi connectivity index (χ1v) is 7.71. The molecule has 1 aromatic carbocycles. The van der Waals surface area contributed by atoms with Gasteiger partial charge in [-0.15, -0.1) is 0 Å². The predicted molar refractivity (Wildman–Crippen MR) is 85.8 cm³/mol. The Kier molecular flexibility index (Phi) is 5.01. The molecule has 1 aliphatic rings. The third kappa shape index (κ3) is 4.05. The Morgan fingerprint density at radius 2 is 2.10 bits per heavy atom. The van der Waals surface area contributed by atoms with Gasteiger partial charge < -0.3 is 11.1 Å². The Morgan fingerprint density at radius 1 is 1.43 bits per heavy atom. The largest absolute Gasteiger partial charge is 0.351 e. The molecule has 1 heterocycles. The molecule has 1 saturated heterocycles. The maximum Gasteiger partial charge on any atom is 0.237 e. The normalized spacial score (nSPS) is 24.0. The molecule has 0 bridgehead atoms. The predicted octanol–water partition coefficient (Wildman–Crippen LogP) is 1.67. The fraction of sp³-hybridized carbons (Fsp3) is 0.588. The number of nitrogens with zero attached hydrogens (tertiary/aromatic N) is 1. The SMILES string of the molecule is Cc1ccc(CNC(=O)C(C)N2CCC(C)(CN)C2)cc1. The molecule has 1 amide bonds. The van der Waals surface area contributed by atoms with Gasteiger partial charge in [-0.2, -0.15) is 0 Å². The minimum absolute atomic E-state index is 0.0937. The van der Waals surface area contributed by atoms with Crippen LogP contribution in [0, 0.1) is 12.3 Å². The maximum absolute atomic E-state index is 12.3. The fourth-order valence-electron chi connectivity index (χ4n) is 2.77. The first kappa shape index (κ1) is 16.0. The van der Waals surface area contributed by atoms with E-state index in [0.717, 1.165) is 25.1 Å². The quantitative estimate of drug-likeness (QED) is 0.867. The first-order valence-electron chi connectivity index (χ1n) is 7.71. The standard InChI is InChI=1S/C17H27N3O/c1-13-4-6-15(7-5-13)10-19-16(21)14(2)20-9-8-17(3,11-18)12-20/h4-7,14H,8-12,18H2,1-3H3,(H,19,21). The van der Waals surface area contributed by atoms with Crippen molar-refractivity contribution in [3.8, 4) is 0 Å². The number of likely N-dealkylation sites (tertiary alicyclic amines) is 1. The molecule has 2 atom stereocenters. The Bertz CT molecular complexity index is 485. The van der Waals surface area contributed by atoms with Gasteiger partial charge >= 0.3 is 0 Å². The van der Waals surface area contributed by atoms with Crippen molar-refractivity contribution < 1.29 is 4.79 Å². The van der Waals surface area contributed by atoms with E-state index in [1.54, 1.807) is 0 Å². The van der Waals surface area contributed by atoms with E-state index in [4.69, 9.17) is 5.73 Å². The lowest BCUT2D eigenvalue weighted by molar-refractivity contribution is -0.125. The zero-order valence-corrected chi connectivity index (χ0v) is 13.4. The van der Waals surface area contributed by atoms with Gasteiger partial charge in [0.1, 0.15) is 0 Å². The summed E-state index contributed by atoms with van der Waals surface area (Å²) in [4.78, 5) is 14.5. The molecule has 1 fully saturated rings. The average molecular weight is 289 g/mol. The first-order chi connectivity index (χ1) is 9.93. The highest BCUT2D eigenvalue weighted by atomic mass is 16.2. The highest BCUT2D eigenvalue weighted by molar-refractivity contribution is 5.81. The van der Waals surface area contributed by atoms with Gasteiger partial charge in [-0.3, -0.25) is 9.69 Å². The van der Waals surface area contributed by atoms with E-state index in [9.17, 15) is 4.79 Å². The van der Waals surface area contributed by atoms with Crippen molar-refractivity contribution >= 4 is 5.91 Å². The molecule has 4 nitrogen and oxygen atoms in total. The van der Waals surface area contributed by atoms with Crippen molar-refractivity contribution in [1.29, 1.82) is 0 Å². The van der Waals surface area contributed by atoms with Gasteiger partial charge in [-0.25, -0.2) is 0 Å². The van der Waals surface area contributed by atoms with Crippen molar-refractivity contribution in [2.24, 2.45) is 11.1 Å². The van der Waals surface area contributed by atoms with Crippen molar-refractivity contribution in [3.63, 3.8) is 0 Å². The monoisotopic (exact) mass is 289 g/mol. The molecule has 116 valence electrons. The van der Waals surface area contributed by atoms with Crippen LogP contribution in [0.25, 0.3) is 0 Å². The number of rotatable bonds is 5. The fourth-order valence-corrected chi connectivity index (χ4v) is 2.77. The Labute approximate surface area is 127 Å². The number of hydrogen-bond acceptors (Lipinski definition) is 3. The number of benzene rings is 1. The molecule has 21 heavy (non-hydrogen) atoms. The lowest BCUT2D eigenvalue weighted by atomic mass is 9.90. The van der Waals surface area contributed by atoms with Gasteiger partial charge in [0.2, 0.25) is 5.91 Å². The van der Waals surface area contributed by atoms with Crippen LogP contribution in [0.15, 0.2) is 24.3 Å². The number of hydrogen-bond donors (Lipinski definition) is 2. The van der Waals surface area contributed by atoms with E-state index in [-0.39, 0.29) is 17.4 Å². The summed E-state index contributed by atoms with van der Waals surface area (Å²) in [5, 5.41) is 3.03. The van der Waals surface area contributed by atoms with E-state index >= 15 is 0 Å². The Morgan fingerprint density at radius 3 is 2.67 bits per heavy atom. The highest BCUT2D eigenvalue weighted by Crippen LogP contribution is 2.29. The second-order valence-electron chi connectivity index (χ2n) is 6.61.